The Morgan fingerprint density at radius 3 is 2.24 bits per heavy atom. The number of allylic oxidation sites excluding steroid dienone is 2. The average Bonchev–Trinajstić information content (AvgIpc) is 3.90. The van der Waals surface area contributed by atoms with Gasteiger partial charge in [-0.3, -0.25) is 39.0 Å². The van der Waals surface area contributed by atoms with Crippen molar-refractivity contribution in [1.29, 1.82) is 0 Å². The van der Waals surface area contributed by atoms with Gasteiger partial charge in [-0.25, -0.2) is 0 Å². The highest BCUT2D eigenvalue weighted by Crippen LogP contribution is 2.50. The fourth-order valence-corrected chi connectivity index (χ4v) is 11.3. The molecule has 19 nitrogen and oxygen atoms in total. The van der Waals surface area contributed by atoms with E-state index in [2.05, 4.69) is 33.9 Å². The monoisotopic (exact) mass is 1050 g/mol. The zero-order valence-corrected chi connectivity index (χ0v) is 45.4. The molecule has 2 saturated heterocycles. The number of aromatic hydroxyl groups is 2. The SMILES string of the molecule is CO[C@H]1/C=C/O[C@@]2(C)Oc3c(C)c(O)c4c(O)c(c5c(c4c3C2=O)=NC2(CCN(CC(C)C)CC2)N=5)NC(=O)/C(C)=C\C=C\[C@H](C)[C@H](O)[C@@H](C)[C@@H](O)[C@@H](C)[C@H](OC(=O)CC(=O)N2CCN(Cc3ccccn3)CC2)[C@@H]1C. The van der Waals surface area contributed by atoms with Crippen molar-refractivity contribution in [3.63, 3.8) is 0 Å². The molecule has 3 aromatic rings. The summed E-state index contributed by atoms with van der Waals surface area (Å²) in [4.78, 5) is 77.5. The number of ether oxygens (including phenoxy) is 4. The predicted molar refractivity (Wildman–Crippen MR) is 283 cm³/mol. The molecule has 19 heteroatoms. The molecule has 2 fully saturated rings. The number of pyridine rings is 1. The minimum absolute atomic E-state index is 0.00678. The molecule has 6 aliphatic heterocycles. The van der Waals surface area contributed by atoms with Crippen LogP contribution in [0.15, 0.2) is 70.5 Å². The molecule has 410 valence electrons. The van der Waals surface area contributed by atoms with Gasteiger partial charge >= 0.3 is 11.8 Å². The van der Waals surface area contributed by atoms with Gasteiger partial charge in [0.2, 0.25) is 5.91 Å². The Morgan fingerprint density at radius 1 is 0.882 bits per heavy atom. The van der Waals surface area contributed by atoms with Gasteiger partial charge < -0.3 is 54.5 Å². The van der Waals surface area contributed by atoms with Crippen molar-refractivity contribution in [3.05, 3.63) is 88.1 Å². The van der Waals surface area contributed by atoms with E-state index in [1.807, 2.05) is 18.2 Å². The maximum atomic E-state index is 15.0. The smallest absolute Gasteiger partial charge is 0.315 e. The van der Waals surface area contributed by atoms with Crippen molar-refractivity contribution >= 4 is 40.0 Å². The lowest BCUT2D eigenvalue weighted by molar-refractivity contribution is -0.165. The Balaban J connectivity index is 1.14. The van der Waals surface area contributed by atoms with Gasteiger partial charge in [0.25, 0.3) is 11.7 Å². The molecule has 2 amide bonds. The maximum Gasteiger partial charge on any atom is 0.315 e. The number of hydrogen-bond donors (Lipinski definition) is 5. The minimum atomic E-state index is -2.03. The Morgan fingerprint density at radius 2 is 1.58 bits per heavy atom. The highest BCUT2D eigenvalue weighted by atomic mass is 16.7. The molecule has 0 unspecified atom stereocenters. The molecule has 2 aromatic carbocycles. The molecule has 7 heterocycles. The standard InChI is InChI=1S/C57H75N7O12/c1-31(2)29-62-21-18-57(19-22-62)60-45-42-43-50(69)37(8)53-44(42)54(71)56(9,76-53)74-27-17-39(73-10)34(5)52(75-41(66)28-40(65)64-25-23-63(24-26-64)30-38-16-11-12-20-58-38)36(7)49(68)35(6)48(67)32(3)14-13-15-33(4)55(72)59-47(51(43)70)46(45)61-57/h11-17,20,27,31-32,34-36,39,48-49,52,67-70H,18-19,21-26,28-30H2,1-10H3,(H,59,72)/b14-13+,27-17+,33-15-/t32-,34+,35+,36+,39-,48-,49+,52+,56-/m0/s1. The molecule has 0 aliphatic carbocycles. The summed E-state index contributed by atoms with van der Waals surface area (Å²) in [7, 11) is 1.44. The van der Waals surface area contributed by atoms with E-state index in [4.69, 9.17) is 28.9 Å². The van der Waals surface area contributed by atoms with E-state index in [1.165, 1.54) is 26.4 Å². The summed E-state index contributed by atoms with van der Waals surface area (Å²) in [6.45, 7) is 20.7. The van der Waals surface area contributed by atoms with Gasteiger partial charge in [0.15, 0.2) is 11.4 Å². The second kappa shape index (κ2) is 22.8. The van der Waals surface area contributed by atoms with E-state index in [0.29, 0.717) is 64.6 Å². The molecule has 6 aliphatic rings. The molecular formula is C57H75N7O12. The summed E-state index contributed by atoms with van der Waals surface area (Å²) in [5, 5.41) is 51.1. The van der Waals surface area contributed by atoms with E-state index in [1.54, 1.807) is 70.9 Å². The number of Topliss-reactive ketones (excluding diaryl/α,β-unsaturated/α-hetero) is 1. The zero-order valence-electron chi connectivity index (χ0n) is 45.4. The first-order chi connectivity index (χ1) is 36.1. The molecular weight excluding hydrogens is 975 g/mol. The van der Waals surface area contributed by atoms with Gasteiger partial charge in [-0.1, -0.05) is 65.8 Å². The molecule has 5 N–H and O–H groups in total. The number of methoxy groups -OCH3 is 1. The van der Waals surface area contributed by atoms with E-state index < -0.39 is 101 Å². The summed E-state index contributed by atoms with van der Waals surface area (Å²) in [6.07, 6.45) is 5.54. The van der Waals surface area contributed by atoms with Crippen molar-refractivity contribution < 1.29 is 58.6 Å². The van der Waals surface area contributed by atoms with Crippen molar-refractivity contribution in [2.24, 2.45) is 39.6 Å². The van der Waals surface area contributed by atoms with Gasteiger partial charge in [-0.15, -0.1) is 0 Å². The van der Waals surface area contributed by atoms with Gasteiger partial charge in [0.05, 0.1) is 46.6 Å². The lowest BCUT2D eigenvalue weighted by atomic mass is 9.78. The highest BCUT2D eigenvalue weighted by Gasteiger charge is 2.50. The average molecular weight is 1050 g/mol. The molecule has 0 saturated carbocycles. The number of fused-ring (bicyclic) bond motifs is 13. The molecule has 0 radical (unpaired) electrons. The summed E-state index contributed by atoms with van der Waals surface area (Å²) >= 11 is 0. The Labute approximate surface area is 444 Å². The van der Waals surface area contributed by atoms with Crippen molar-refractivity contribution in [2.45, 2.75) is 124 Å². The number of ketones is 1. The lowest BCUT2D eigenvalue weighted by Crippen LogP contribution is -2.49. The largest absolute Gasteiger partial charge is 0.507 e. The molecule has 1 aromatic heterocycles. The van der Waals surface area contributed by atoms with Crippen LogP contribution in [0.25, 0.3) is 10.8 Å². The van der Waals surface area contributed by atoms with Crippen molar-refractivity contribution in [2.75, 3.05) is 58.2 Å². The molecule has 9 atom stereocenters. The van der Waals surface area contributed by atoms with E-state index in [-0.39, 0.29) is 49.6 Å². The number of nitrogens with zero attached hydrogens (tertiary/aromatic N) is 6. The molecule has 9 rings (SSSR count). The number of piperidine rings is 1. The number of esters is 1. The third-order valence-corrected chi connectivity index (χ3v) is 16.0. The number of hydrogen-bond acceptors (Lipinski definition) is 17. The van der Waals surface area contributed by atoms with Crippen LogP contribution in [-0.2, 0) is 35.1 Å². The number of aliphatic hydroxyl groups is 2. The van der Waals surface area contributed by atoms with Crippen LogP contribution in [0.4, 0.5) is 5.69 Å². The fourth-order valence-electron chi connectivity index (χ4n) is 11.3. The summed E-state index contributed by atoms with van der Waals surface area (Å²) in [5.41, 5.74) is 0.217. The van der Waals surface area contributed by atoms with Crippen LogP contribution in [0.1, 0.15) is 96.3 Å². The van der Waals surface area contributed by atoms with Crippen LogP contribution < -0.4 is 20.8 Å². The molecule has 76 heavy (non-hydrogen) atoms. The Bertz CT molecular complexity index is 2930. The van der Waals surface area contributed by atoms with Crippen LogP contribution >= 0.6 is 0 Å². The normalized spacial score (nSPS) is 30.0. The Hall–Kier alpha value is -6.25. The van der Waals surface area contributed by atoms with Crippen LogP contribution in [0.5, 0.6) is 17.2 Å². The number of aromatic nitrogens is 1. The number of carbonyl (C=O) groups excluding carboxylic acids is 4. The number of carbonyl (C=O) groups is 4. The van der Waals surface area contributed by atoms with Gasteiger partial charge in [0, 0.05) is 126 Å². The lowest BCUT2D eigenvalue weighted by Gasteiger charge is -2.38. The fraction of sp³-hybridized carbons (Fsp3) is 0.561. The van der Waals surface area contributed by atoms with Crippen LogP contribution in [0.2, 0.25) is 0 Å². The van der Waals surface area contributed by atoms with Crippen LogP contribution in [0, 0.1) is 36.5 Å². The number of rotatable bonds is 8. The quantitative estimate of drug-likeness (QED) is 0.115. The van der Waals surface area contributed by atoms with Crippen molar-refractivity contribution in [3.8, 4) is 17.2 Å². The van der Waals surface area contributed by atoms with Crippen molar-refractivity contribution in [1.82, 2.24) is 19.7 Å². The molecule has 5 bridgehead atoms. The second-order valence-electron chi connectivity index (χ2n) is 22.0. The van der Waals surface area contributed by atoms with Crippen LogP contribution in [-0.4, -0.2) is 152 Å². The predicted octanol–water partition coefficient (Wildman–Crippen LogP) is 4.86. The zero-order chi connectivity index (χ0) is 55.0. The number of aliphatic hydroxyl groups excluding tert-OH is 2. The van der Waals surface area contributed by atoms with Gasteiger partial charge in [-0.05, 0) is 38.0 Å². The van der Waals surface area contributed by atoms with Gasteiger partial charge in [0.1, 0.15) is 35.1 Å². The third-order valence-electron chi connectivity index (χ3n) is 16.0. The van der Waals surface area contributed by atoms with E-state index in [0.717, 1.165) is 12.2 Å². The molecule has 1 spiro atoms. The minimum Gasteiger partial charge on any atom is -0.507 e. The topological polar surface area (TPSA) is 245 Å². The number of phenols is 2. The number of amides is 2. The third kappa shape index (κ3) is 11.3. The summed E-state index contributed by atoms with van der Waals surface area (Å²) < 4.78 is 24.7. The first kappa shape index (κ1) is 56.0. The Kier molecular flexibility index (Phi) is 16.8. The summed E-state index contributed by atoms with van der Waals surface area (Å²) in [5.74, 6) is -7.79. The highest BCUT2D eigenvalue weighted by molar-refractivity contribution is 6.19. The summed E-state index contributed by atoms with van der Waals surface area (Å²) in [6, 6.07) is 5.74. The van der Waals surface area contributed by atoms with E-state index in [9.17, 15) is 39.6 Å². The van der Waals surface area contributed by atoms with Crippen LogP contribution in [0.3, 0.4) is 0 Å². The first-order valence-corrected chi connectivity index (χ1v) is 26.6. The van der Waals surface area contributed by atoms with Gasteiger partial charge in [-0.2, -0.15) is 0 Å². The maximum absolute atomic E-state index is 15.0. The number of likely N-dealkylation sites (tertiary alicyclic amines) is 1. The second-order valence-corrected chi connectivity index (χ2v) is 22.0. The number of phenolic OH excluding ortho intramolecular Hbond substituents is 2. The number of piperazine rings is 1. The number of benzene rings is 2. The first-order valence-electron chi connectivity index (χ1n) is 26.6. The number of nitrogens with one attached hydrogen (secondary N) is 1. The number of anilines is 1. The van der Waals surface area contributed by atoms with E-state index >= 15 is 0 Å².